The second-order valence-corrected chi connectivity index (χ2v) is 5.33. The smallest absolute Gasteiger partial charge is 0.0897 e. The fraction of sp³-hybridized carbons (Fsp3) is 0.500. The van der Waals surface area contributed by atoms with Crippen molar-refractivity contribution in [3.8, 4) is 0 Å². The van der Waals surface area contributed by atoms with E-state index in [1.54, 1.807) is 11.3 Å². The standard InChI is InChI=1S/C12H18N4S/c1-8(12-6-14-16(4)9(12)2)13-5-11-7-17-10(3)15-11/h6-8,13H,5H2,1-4H3. The van der Waals surface area contributed by atoms with Crippen molar-refractivity contribution in [1.82, 2.24) is 20.1 Å². The van der Waals surface area contributed by atoms with Gasteiger partial charge in [-0.05, 0) is 20.8 Å². The number of nitrogens with zero attached hydrogens (tertiary/aromatic N) is 3. The summed E-state index contributed by atoms with van der Waals surface area (Å²) in [5, 5.41) is 11.0. The number of hydrogen-bond acceptors (Lipinski definition) is 4. The Labute approximate surface area is 106 Å². The van der Waals surface area contributed by atoms with Crippen LogP contribution in [0.25, 0.3) is 0 Å². The second kappa shape index (κ2) is 4.98. The predicted molar refractivity (Wildman–Crippen MR) is 70.1 cm³/mol. The Morgan fingerprint density at radius 1 is 1.47 bits per heavy atom. The average molecular weight is 250 g/mol. The third-order valence-electron chi connectivity index (χ3n) is 3.00. The lowest BCUT2D eigenvalue weighted by Crippen LogP contribution is -2.18. The molecule has 92 valence electrons. The minimum Gasteiger partial charge on any atom is -0.304 e. The highest BCUT2D eigenvalue weighted by atomic mass is 32.1. The van der Waals surface area contributed by atoms with Crippen LogP contribution < -0.4 is 5.32 Å². The summed E-state index contributed by atoms with van der Waals surface area (Å²) in [6, 6.07) is 0.297. The van der Waals surface area contributed by atoms with E-state index >= 15 is 0 Å². The molecule has 0 radical (unpaired) electrons. The van der Waals surface area contributed by atoms with Crippen molar-refractivity contribution in [2.45, 2.75) is 33.4 Å². The van der Waals surface area contributed by atoms with Crippen molar-refractivity contribution >= 4 is 11.3 Å². The van der Waals surface area contributed by atoms with Crippen LogP contribution >= 0.6 is 11.3 Å². The lowest BCUT2D eigenvalue weighted by molar-refractivity contribution is 0.565. The minimum atomic E-state index is 0.297. The summed E-state index contributed by atoms with van der Waals surface area (Å²) in [6.45, 7) is 7.08. The van der Waals surface area contributed by atoms with Gasteiger partial charge in [-0.2, -0.15) is 5.10 Å². The Morgan fingerprint density at radius 2 is 2.24 bits per heavy atom. The van der Waals surface area contributed by atoms with Crippen molar-refractivity contribution in [1.29, 1.82) is 0 Å². The first-order valence-electron chi connectivity index (χ1n) is 5.71. The van der Waals surface area contributed by atoms with Crippen LogP contribution in [0.2, 0.25) is 0 Å². The highest BCUT2D eigenvalue weighted by Crippen LogP contribution is 2.17. The Kier molecular flexibility index (Phi) is 3.59. The van der Waals surface area contributed by atoms with Gasteiger partial charge in [0.2, 0.25) is 0 Å². The van der Waals surface area contributed by atoms with E-state index in [2.05, 4.69) is 34.6 Å². The maximum Gasteiger partial charge on any atom is 0.0897 e. The number of aryl methyl sites for hydroxylation is 2. The summed E-state index contributed by atoms with van der Waals surface area (Å²) in [4.78, 5) is 4.44. The molecule has 1 atom stereocenters. The molecule has 2 heterocycles. The van der Waals surface area contributed by atoms with Crippen LogP contribution in [-0.4, -0.2) is 14.8 Å². The number of aromatic nitrogens is 3. The normalized spacial score (nSPS) is 12.9. The number of rotatable bonds is 4. The summed E-state index contributed by atoms with van der Waals surface area (Å²) < 4.78 is 1.90. The first-order chi connectivity index (χ1) is 8.08. The molecular formula is C12H18N4S. The Bertz CT molecular complexity index is 500. The lowest BCUT2D eigenvalue weighted by Gasteiger charge is -2.12. The molecule has 5 heteroatoms. The molecule has 2 aromatic rings. The van der Waals surface area contributed by atoms with Gasteiger partial charge in [0, 0.05) is 36.3 Å². The maximum absolute atomic E-state index is 4.44. The largest absolute Gasteiger partial charge is 0.304 e. The quantitative estimate of drug-likeness (QED) is 0.905. The van der Waals surface area contributed by atoms with E-state index < -0.39 is 0 Å². The molecule has 1 unspecified atom stereocenters. The van der Waals surface area contributed by atoms with Crippen LogP contribution in [-0.2, 0) is 13.6 Å². The highest BCUT2D eigenvalue weighted by Gasteiger charge is 2.11. The van der Waals surface area contributed by atoms with E-state index in [1.165, 1.54) is 11.3 Å². The van der Waals surface area contributed by atoms with Gasteiger partial charge >= 0.3 is 0 Å². The lowest BCUT2D eigenvalue weighted by atomic mass is 10.1. The summed E-state index contributed by atoms with van der Waals surface area (Å²) in [7, 11) is 1.97. The van der Waals surface area contributed by atoms with Crippen LogP contribution in [0.3, 0.4) is 0 Å². The van der Waals surface area contributed by atoms with Gasteiger partial charge in [-0.25, -0.2) is 4.98 Å². The van der Waals surface area contributed by atoms with Gasteiger partial charge < -0.3 is 5.32 Å². The Hall–Kier alpha value is -1.20. The molecule has 0 aliphatic carbocycles. The van der Waals surface area contributed by atoms with Crippen molar-refractivity contribution in [2.75, 3.05) is 0 Å². The van der Waals surface area contributed by atoms with E-state index in [0.717, 1.165) is 17.2 Å². The monoisotopic (exact) mass is 250 g/mol. The van der Waals surface area contributed by atoms with Crippen LogP contribution in [0.5, 0.6) is 0 Å². The van der Waals surface area contributed by atoms with Crippen molar-refractivity contribution in [3.05, 3.63) is 33.5 Å². The fourth-order valence-corrected chi connectivity index (χ4v) is 2.41. The summed E-state index contributed by atoms with van der Waals surface area (Å²) in [5.41, 5.74) is 3.57. The van der Waals surface area contributed by atoms with Gasteiger partial charge in [-0.3, -0.25) is 4.68 Å². The van der Waals surface area contributed by atoms with Crippen LogP contribution in [0.1, 0.15) is 34.9 Å². The molecule has 17 heavy (non-hydrogen) atoms. The number of nitrogens with one attached hydrogen (secondary N) is 1. The van der Waals surface area contributed by atoms with Crippen LogP contribution in [0.4, 0.5) is 0 Å². The SMILES string of the molecule is Cc1nc(CNC(C)c2cnn(C)c2C)cs1. The molecule has 2 aromatic heterocycles. The van der Waals surface area contributed by atoms with Gasteiger partial charge in [-0.15, -0.1) is 11.3 Å². The molecule has 0 amide bonds. The molecule has 0 bridgehead atoms. The van der Waals surface area contributed by atoms with Crippen molar-refractivity contribution in [2.24, 2.45) is 7.05 Å². The second-order valence-electron chi connectivity index (χ2n) is 4.27. The molecular weight excluding hydrogens is 232 g/mol. The third-order valence-corrected chi connectivity index (χ3v) is 3.82. The van der Waals surface area contributed by atoms with E-state index in [1.807, 2.05) is 24.9 Å². The molecule has 1 N–H and O–H groups in total. The van der Waals surface area contributed by atoms with Gasteiger partial charge in [0.25, 0.3) is 0 Å². The topological polar surface area (TPSA) is 42.7 Å². The molecule has 2 rings (SSSR count). The number of hydrogen-bond donors (Lipinski definition) is 1. The Morgan fingerprint density at radius 3 is 2.76 bits per heavy atom. The zero-order valence-corrected chi connectivity index (χ0v) is 11.5. The molecule has 0 aliphatic rings. The van der Waals surface area contributed by atoms with E-state index in [9.17, 15) is 0 Å². The first-order valence-corrected chi connectivity index (χ1v) is 6.58. The Balaban J connectivity index is 1.98. The zero-order chi connectivity index (χ0) is 12.4. The molecule has 0 spiro atoms. The molecule has 0 fully saturated rings. The van der Waals surface area contributed by atoms with Crippen molar-refractivity contribution in [3.63, 3.8) is 0 Å². The maximum atomic E-state index is 4.44. The van der Waals surface area contributed by atoms with E-state index in [4.69, 9.17) is 0 Å². The van der Waals surface area contributed by atoms with Crippen LogP contribution in [0, 0.1) is 13.8 Å². The first kappa shape index (κ1) is 12.3. The molecule has 0 aromatic carbocycles. The van der Waals surface area contributed by atoms with Crippen molar-refractivity contribution < 1.29 is 0 Å². The average Bonchev–Trinajstić information content (AvgIpc) is 2.84. The molecule has 0 aliphatic heterocycles. The van der Waals surface area contributed by atoms with E-state index in [-0.39, 0.29) is 0 Å². The summed E-state index contributed by atoms with van der Waals surface area (Å²) in [6.07, 6.45) is 1.93. The molecule has 4 nitrogen and oxygen atoms in total. The molecule has 0 saturated carbocycles. The number of thiazole rings is 1. The zero-order valence-electron chi connectivity index (χ0n) is 10.7. The highest BCUT2D eigenvalue weighted by molar-refractivity contribution is 7.09. The summed E-state index contributed by atoms with van der Waals surface area (Å²) >= 11 is 1.69. The summed E-state index contributed by atoms with van der Waals surface area (Å²) in [5.74, 6) is 0. The van der Waals surface area contributed by atoms with Gasteiger partial charge in [0.15, 0.2) is 0 Å². The van der Waals surface area contributed by atoms with Gasteiger partial charge in [0.1, 0.15) is 0 Å². The van der Waals surface area contributed by atoms with Crippen LogP contribution in [0.15, 0.2) is 11.6 Å². The van der Waals surface area contributed by atoms with Gasteiger partial charge in [-0.1, -0.05) is 0 Å². The third kappa shape index (κ3) is 2.73. The minimum absolute atomic E-state index is 0.297. The van der Waals surface area contributed by atoms with E-state index in [0.29, 0.717) is 6.04 Å². The fourth-order valence-electron chi connectivity index (χ4n) is 1.80. The predicted octanol–water partition coefficient (Wildman–Crippen LogP) is 2.34. The molecule has 0 saturated heterocycles. The van der Waals surface area contributed by atoms with Gasteiger partial charge in [0.05, 0.1) is 16.9 Å².